The number of rotatable bonds is 5. The molecular weight excluding hydrogens is 314 g/mol. The van der Waals surface area contributed by atoms with Crippen molar-refractivity contribution in [3.63, 3.8) is 0 Å². The smallest absolute Gasteiger partial charge is 0.163 e. The van der Waals surface area contributed by atoms with Gasteiger partial charge in [0.05, 0.1) is 7.11 Å². The quantitative estimate of drug-likeness (QED) is 0.873. The Hall–Kier alpha value is -2.69. The number of pyridine rings is 1. The zero-order chi connectivity index (χ0) is 17.2. The molecule has 5 nitrogen and oxygen atoms in total. The molecule has 1 unspecified atom stereocenters. The Balaban J connectivity index is 1.67. The fourth-order valence-electron chi connectivity index (χ4n) is 3.76. The molecule has 2 aliphatic rings. The third-order valence-electron chi connectivity index (χ3n) is 4.95. The van der Waals surface area contributed by atoms with Crippen LogP contribution in [0.15, 0.2) is 42.2 Å². The van der Waals surface area contributed by atoms with Crippen LogP contribution in [-0.2, 0) is 6.61 Å². The Morgan fingerprint density at radius 3 is 3.00 bits per heavy atom. The first-order valence-electron chi connectivity index (χ1n) is 8.71. The summed E-state index contributed by atoms with van der Waals surface area (Å²) in [4.78, 5) is 4.13. The van der Waals surface area contributed by atoms with Gasteiger partial charge < -0.3 is 20.1 Å². The van der Waals surface area contributed by atoms with Gasteiger partial charge in [-0.25, -0.2) is 0 Å². The Kier molecular flexibility index (Phi) is 4.22. The van der Waals surface area contributed by atoms with Gasteiger partial charge in [0.25, 0.3) is 0 Å². The third kappa shape index (κ3) is 2.90. The van der Waals surface area contributed by atoms with E-state index in [9.17, 15) is 0 Å². The lowest BCUT2D eigenvalue weighted by Crippen LogP contribution is -2.26. The normalized spacial score (nSPS) is 18.2. The summed E-state index contributed by atoms with van der Waals surface area (Å²) >= 11 is 0. The summed E-state index contributed by atoms with van der Waals surface area (Å²) in [6, 6.07) is 8.46. The number of methoxy groups -OCH3 is 1. The van der Waals surface area contributed by atoms with Gasteiger partial charge in [0.2, 0.25) is 0 Å². The molecule has 0 radical (unpaired) electrons. The molecule has 0 amide bonds. The highest BCUT2D eigenvalue weighted by molar-refractivity contribution is 5.84. The third-order valence-corrected chi connectivity index (χ3v) is 4.95. The molecule has 2 heterocycles. The molecule has 2 N–H and O–H groups in total. The largest absolute Gasteiger partial charge is 0.493 e. The van der Waals surface area contributed by atoms with Crippen molar-refractivity contribution in [2.75, 3.05) is 19.5 Å². The van der Waals surface area contributed by atoms with Crippen molar-refractivity contribution in [2.45, 2.75) is 31.9 Å². The van der Waals surface area contributed by atoms with E-state index in [-0.39, 0.29) is 0 Å². The van der Waals surface area contributed by atoms with Crippen LogP contribution >= 0.6 is 0 Å². The standard InChI is InChI=1S/C20H23N3O2/c1-21-20-14-6-3-7-16(14)23-17-10-19(18(24-2)9-15(17)20)25-12-13-5-4-8-22-11-13/h4-5,8-11,16,21,23H,3,6-7,12H2,1-2H3. The van der Waals surface area contributed by atoms with Crippen LogP contribution in [0.5, 0.6) is 11.5 Å². The molecule has 1 saturated carbocycles. The highest BCUT2D eigenvalue weighted by Gasteiger charge is 2.31. The Labute approximate surface area is 148 Å². The molecule has 25 heavy (non-hydrogen) atoms. The number of fused-ring (bicyclic) bond motifs is 2. The van der Waals surface area contributed by atoms with E-state index >= 15 is 0 Å². The van der Waals surface area contributed by atoms with Crippen LogP contribution in [0.3, 0.4) is 0 Å². The van der Waals surface area contributed by atoms with Gasteiger partial charge in [-0.2, -0.15) is 0 Å². The number of anilines is 1. The summed E-state index contributed by atoms with van der Waals surface area (Å²) in [7, 11) is 3.67. The fraction of sp³-hybridized carbons (Fsp3) is 0.350. The van der Waals surface area contributed by atoms with Gasteiger partial charge in [0, 0.05) is 54.1 Å². The van der Waals surface area contributed by atoms with Gasteiger partial charge in [-0.1, -0.05) is 6.07 Å². The van der Waals surface area contributed by atoms with E-state index < -0.39 is 0 Å². The van der Waals surface area contributed by atoms with Crippen LogP contribution in [0.2, 0.25) is 0 Å². The second-order valence-electron chi connectivity index (χ2n) is 6.44. The highest BCUT2D eigenvalue weighted by Crippen LogP contribution is 2.44. The second-order valence-corrected chi connectivity index (χ2v) is 6.44. The summed E-state index contributed by atoms with van der Waals surface area (Å²) in [6.07, 6.45) is 7.13. The van der Waals surface area contributed by atoms with Gasteiger partial charge in [-0.05, 0) is 37.0 Å². The van der Waals surface area contributed by atoms with Crippen LogP contribution in [0.4, 0.5) is 5.69 Å². The van der Waals surface area contributed by atoms with Crippen LogP contribution in [0.1, 0.15) is 30.4 Å². The molecule has 1 aromatic carbocycles. The maximum atomic E-state index is 6.02. The molecule has 5 heteroatoms. The van der Waals surface area contributed by atoms with Crippen molar-refractivity contribution in [3.05, 3.63) is 53.4 Å². The second kappa shape index (κ2) is 6.67. The first kappa shape index (κ1) is 15.8. The lowest BCUT2D eigenvalue weighted by atomic mass is 9.95. The van der Waals surface area contributed by atoms with Crippen molar-refractivity contribution in [3.8, 4) is 11.5 Å². The Morgan fingerprint density at radius 2 is 2.24 bits per heavy atom. The van der Waals surface area contributed by atoms with Crippen LogP contribution in [-0.4, -0.2) is 25.2 Å². The van der Waals surface area contributed by atoms with E-state index in [4.69, 9.17) is 9.47 Å². The van der Waals surface area contributed by atoms with E-state index in [2.05, 4.69) is 27.8 Å². The van der Waals surface area contributed by atoms with E-state index in [1.54, 1.807) is 13.3 Å². The fourth-order valence-corrected chi connectivity index (χ4v) is 3.76. The molecule has 0 saturated heterocycles. The zero-order valence-electron chi connectivity index (χ0n) is 14.6. The van der Waals surface area contributed by atoms with Gasteiger partial charge in [-0.3, -0.25) is 4.98 Å². The molecule has 4 rings (SSSR count). The molecule has 1 aliphatic carbocycles. The maximum absolute atomic E-state index is 6.02. The molecule has 1 aliphatic heterocycles. The maximum Gasteiger partial charge on any atom is 0.163 e. The van der Waals surface area contributed by atoms with Crippen LogP contribution < -0.4 is 20.1 Å². The van der Waals surface area contributed by atoms with Crippen molar-refractivity contribution in [2.24, 2.45) is 0 Å². The minimum atomic E-state index is 0.425. The number of hydrogen-bond acceptors (Lipinski definition) is 5. The van der Waals surface area contributed by atoms with Crippen LogP contribution in [0, 0.1) is 0 Å². The van der Waals surface area contributed by atoms with E-state index in [0.717, 1.165) is 34.7 Å². The monoisotopic (exact) mass is 337 g/mol. The number of ether oxygens (including phenoxy) is 2. The van der Waals surface area contributed by atoms with Crippen molar-refractivity contribution >= 4 is 11.4 Å². The van der Waals surface area contributed by atoms with Crippen LogP contribution in [0.25, 0.3) is 5.70 Å². The number of aromatic nitrogens is 1. The SMILES string of the molecule is CNC1=C2CCCC2Nc2cc(OCc3cccnc3)c(OC)cc21. The predicted molar refractivity (Wildman–Crippen MR) is 98.8 cm³/mol. The highest BCUT2D eigenvalue weighted by atomic mass is 16.5. The summed E-state index contributed by atoms with van der Waals surface area (Å²) in [6.45, 7) is 0.465. The van der Waals surface area contributed by atoms with E-state index in [1.165, 1.54) is 24.1 Å². The summed E-state index contributed by atoms with van der Waals surface area (Å²) in [5.41, 5.74) is 5.99. The average Bonchev–Trinajstić information content (AvgIpc) is 3.12. The van der Waals surface area contributed by atoms with E-state index in [0.29, 0.717) is 12.6 Å². The number of nitrogens with one attached hydrogen (secondary N) is 2. The van der Waals surface area contributed by atoms with Gasteiger partial charge in [0.15, 0.2) is 11.5 Å². The zero-order valence-corrected chi connectivity index (χ0v) is 14.6. The Bertz CT molecular complexity index is 802. The molecule has 2 aromatic rings. The Morgan fingerprint density at radius 1 is 1.32 bits per heavy atom. The van der Waals surface area contributed by atoms with Gasteiger partial charge >= 0.3 is 0 Å². The predicted octanol–water partition coefficient (Wildman–Crippen LogP) is 3.58. The summed E-state index contributed by atoms with van der Waals surface area (Å²) in [5, 5.41) is 7.06. The first-order chi connectivity index (χ1) is 12.3. The van der Waals surface area contributed by atoms with Crippen molar-refractivity contribution in [1.82, 2.24) is 10.3 Å². The van der Waals surface area contributed by atoms with Crippen molar-refractivity contribution in [1.29, 1.82) is 0 Å². The summed E-state index contributed by atoms with van der Waals surface area (Å²) in [5.74, 6) is 1.49. The first-order valence-corrected chi connectivity index (χ1v) is 8.71. The van der Waals surface area contributed by atoms with Crippen molar-refractivity contribution < 1.29 is 9.47 Å². The topological polar surface area (TPSA) is 55.4 Å². The lowest BCUT2D eigenvalue weighted by molar-refractivity contribution is 0.284. The molecule has 0 bridgehead atoms. The minimum absolute atomic E-state index is 0.425. The molecular formula is C20H23N3O2. The summed E-state index contributed by atoms with van der Waals surface area (Å²) < 4.78 is 11.6. The molecule has 1 aromatic heterocycles. The average molecular weight is 337 g/mol. The number of hydrogen-bond donors (Lipinski definition) is 2. The number of nitrogens with zero attached hydrogens (tertiary/aromatic N) is 1. The van der Waals surface area contributed by atoms with Gasteiger partial charge in [0.1, 0.15) is 6.61 Å². The minimum Gasteiger partial charge on any atom is -0.493 e. The lowest BCUT2D eigenvalue weighted by Gasteiger charge is -2.29. The molecule has 0 spiro atoms. The molecule has 1 atom stereocenters. The number of benzene rings is 1. The van der Waals surface area contributed by atoms with E-state index in [1.807, 2.05) is 25.4 Å². The molecule has 130 valence electrons. The molecule has 1 fully saturated rings. The van der Waals surface area contributed by atoms with Gasteiger partial charge in [-0.15, -0.1) is 0 Å².